The number of amidine groups is 1. The van der Waals surface area contributed by atoms with Crippen LogP contribution >= 0.6 is 11.8 Å². The molecule has 14 heavy (non-hydrogen) atoms. The molecule has 0 spiro atoms. The van der Waals surface area contributed by atoms with E-state index >= 15 is 0 Å². The fourth-order valence-corrected chi connectivity index (χ4v) is 2.33. The maximum atomic E-state index is 7.25. The largest absolute Gasteiger partial charge is 0.468 e. The summed E-state index contributed by atoms with van der Waals surface area (Å²) < 4.78 is 5.21. The molecule has 0 aliphatic heterocycles. The van der Waals surface area contributed by atoms with E-state index in [4.69, 9.17) is 15.6 Å². The van der Waals surface area contributed by atoms with Crippen LogP contribution in [0.25, 0.3) is 0 Å². The predicted octanol–water partition coefficient (Wildman–Crippen LogP) is 2.78. The molecule has 0 amide bonds. The normalized spacial score (nSPS) is 12.7. The average molecular weight is 212 g/mol. The lowest BCUT2D eigenvalue weighted by molar-refractivity contribution is 0.526. The molecule has 1 aromatic heterocycles. The van der Waals surface area contributed by atoms with Gasteiger partial charge in [-0.25, -0.2) is 0 Å². The lowest BCUT2D eigenvalue weighted by atomic mass is 10.2. The summed E-state index contributed by atoms with van der Waals surface area (Å²) in [4.78, 5) is 1.15. The van der Waals surface area contributed by atoms with E-state index in [0.717, 1.165) is 17.1 Å². The Morgan fingerprint density at radius 2 is 2.43 bits per heavy atom. The van der Waals surface area contributed by atoms with Crippen molar-refractivity contribution in [2.45, 2.75) is 36.8 Å². The van der Waals surface area contributed by atoms with Crippen LogP contribution in [0.5, 0.6) is 0 Å². The first-order valence-corrected chi connectivity index (χ1v) is 5.55. The number of hydrogen-bond acceptors (Lipinski definition) is 3. The van der Waals surface area contributed by atoms with Gasteiger partial charge in [0.25, 0.3) is 0 Å². The van der Waals surface area contributed by atoms with E-state index in [1.807, 2.05) is 13.0 Å². The van der Waals surface area contributed by atoms with Gasteiger partial charge in [0.2, 0.25) is 0 Å². The first-order chi connectivity index (χ1) is 6.63. The van der Waals surface area contributed by atoms with Crippen molar-refractivity contribution in [1.82, 2.24) is 0 Å². The predicted molar refractivity (Wildman–Crippen MR) is 59.9 cm³/mol. The van der Waals surface area contributed by atoms with Gasteiger partial charge < -0.3 is 10.2 Å². The summed E-state index contributed by atoms with van der Waals surface area (Å²) in [6, 6.07) is 1.96. The highest BCUT2D eigenvalue weighted by molar-refractivity contribution is 8.00. The van der Waals surface area contributed by atoms with Gasteiger partial charge in [-0.2, -0.15) is 0 Å². The van der Waals surface area contributed by atoms with E-state index in [1.165, 1.54) is 0 Å². The Bertz CT molecular complexity index is 309. The molecule has 3 N–H and O–H groups in total. The minimum atomic E-state index is 0.255. The SMILES string of the molecule is CCC(CC(=N)N)Sc1ccoc1C. The van der Waals surface area contributed by atoms with Crippen molar-refractivity contribution in [1.29, 1.82) is 5.41 Å². The lowest BCUT2D eigenvalue weighted by Crippen LogP contribution is -2.16. The van der Waals surface area contributed by atoms with E-state index in [0.29, 0.717) is 11.7 Å². The van der Waals surface area contributed by atoms with Crippen molar-refractivity contribution >= 4 is 17.6 Å². The van der Waals surface area contributed by atoms with Crippen molar-refractivity contribution in [3.63, 3.8) is 0 Å². The summed E-state index contributed by atoms with van der Waals surface area (Å²) in [6.45, 7) is 4.05. The summed E-state index contributed by atoms with van der Waals surface area (Å²) in [5, 5.41) is 7.63. The third-order valence-electron chi connectivity index (χ3n) is 2.01. The van der Waals surface area contributed by atoms with Crippen molar-refractivity contribution in [3.05, 3.63) is 18.1 Å². The topological polar surface area (TPSA) is 63.0 Å². The fraction of sp³-hybridized carbons (Fsp3) is 0.500. The molecule has 0 aliphatic rings. The van der Waals surface area contributed by atoms with Gasteiger partial charge in [-0.05, 0) is 19.4 Å². The molecule has 1 unspecified atom stereocenters. The number of furan rings is 1. The number of thioether (sulfide) groups is 1. The minimum absolute atomic E-state index is 0.255. The summed E-state index contributed by atoms with van der Waals surface area (Å²) in [7, 11) is 0. The molecule has 1 heterocycles. The molecule has 0 aromatic carbocycles. The maximum Gasteiger partial charge on any atom is 0.114 e. The number of nitrogens with two attached hydrogens (primary N) is 1. The van der Waals surface area contributed by atoms with Crippen LogP contribution < -0.4 is 5.73 Å². The van der Waals surface area contributed by atoms with Gasteiger partial charge in [-0.15, -0.1) is 11.8 Å². The van der Waals surface area contributed by atoms with Crippen LogP contribution in [0.15, 0.2) is 21.6 Å². The van der Waals surface area contributed by atoms with Gasteiger partial charge >= 0.3 is 0 Å². The average Bonchev–Trinajstić information content (AvgIpc) is 2.50. The monoisotopic (exact) mass is 212 g/mol. The molecular weight excluding hydrogens is 196 g/mol. The first kappa shape index (κ1) is 11.2. The molecule has 78 valence electrons. The van der Waals surface area contributed by atoms with Gasteiger partial charge in [-0.3, -0.25) is 5.41 Å². The maximum absolute atomic E-state index is 7.25. The lowest BCUT2D eigenvalue weighted by Gasteiger charge is -2.12. The molecule has 0 aliphatic carbocycles. The van der Waals surface area contributed by atoms with Crippen molar-refractivity contribution in [2.24, 2.45) is 5.73 Å². The smallest absolute Gasteiger partial charge is 0.114 e. The third kappa shape index (κ3) is 3.10. The first-order valence-electron chi connectivity index (χ1n) is 4.67. The highest BCUT2D eigenvalue weighted by Gasteiger charge is 2.12. The molecule has 3 nitrogen and oxygen atoms in total. The Balaban J connectivity index is 2.57. The standard InChI is InChI=1S/C10H16N2OS/c1-3-8(6-10(11)12)14-9-4-5-13-7(9)2/h4-5,8H,3,6H2,1-2H3,(H3,11,12). The fourth-order valence-electron chi connectivity index (χ4n) is 1.19. The van der Waals surface area contributed by atoms with Crippen LogP contribution in [-0.4, -0.2) is 11.1 Å². The van der Waals surface area contributed by atoms with Gasteiger partial charge in [0.1, 0.15) is 5.76 Å². The number of nitrogens with one attached hydrogen (secondary N) is 1. The molecule has 1 aromatic rings. The van der Waals surface area contributed by atoms with E-state index in [1.54, 1.807) is 18.0 Å². The summed E-state index contributed by atoms with van der Waals surface area (Å²) in [5.74, 6) is 1.20. The molecule has 1 rings (SSSR count). The van der Waals surface area contributed by atoms with Crippen LogP contribution in [0.1, 0.15) is 25.5 Å². The van der Waals surface area contributed by atoms with Gasteiger partial charge in [0.05, 0.1) is 12.1 Å². The van der Waals surface area contributed by atoms with E-state index in [-0.39, 0.29) is 5.84 Å². The Kier molecular flexibility index (Phi) is 4.07. The van der Waals surface area contributed by atoms with E-state index < -0.39 is 0 Å². The number of aryl methyl sites for hydroxylation is 1. The Hall–Kier alpha value is -0.900. The summed E-state index contributed by atoms with van der Waals surface area (Å²) in [5.41, 5.74) is 5.38. The van der Waals surface area contributed by atoms with E-state index in [9.17, 15) is 0 Å². The molecule has 1 atom stereocenters. The van der Waals surface area contributed by atoms with Gasteiger partial charge in [0, 0.05) is 16.6 Å². The van der Waals surface area contributed by atoms with Crippen LogP contribution in [-0.2, 0) is 0 Å². The Morgan fingerprint density at radius 3 is 2.86 bits per heavy atom. The zero-order valence-electron chi connectivity index (χ0n) is 8.54. The zero-order chi connectivity index (χ0) is 10.6. The minimum Gasteiger partial charge on any atom is -0.468 e. The molecule has 0 bridgehead atoms. The molecule has 0 radical (unpaired) electrons. The van der Waals surface area contributed by atoms with Crippen LogP contribution in [0.4, 0.5) is 0 Å². The second-order valence-corrected chi connectivity index (χ2v) is 4.56. The second-order valence-electron chi connectivity index (χ2n) is 3.22. The molecular formula is C10H16N2OS. The molecule has 4 heteroatoms. The van der Waals surface area contributed by atoms with Crippen LogP contribution in [0, 0.1) is 12.3 Å². The van der Waals surface area contributed by atoms with Gasteiger partial charge in [0.15, 0.2) is 0 Å². The van der Waals surface area contributed by atoms with Crippen LogP contribution in [0.3, 0.4) is 0 Å². The summed E-state index contributed by atoms with van der Waals surface area (Å²) >= 11 is 1.74. The van der Waals surface area contributed by atoms with Gasteiger partial charge in [-0.1, -0.05) is 6.92 Å². The third-order valence-corrected chi connectivity index (χ3v) is 3.52. The number of hydrogen-bond donors (Lipinski definition) is 2. The van der Waals surface area contributed by atoms with Crippen molar-refractivity contribution in [3.8, 4) is 0 Å². The Morgan fingerprint density at radius 1 is 1.71 bits per heavy atom. The highest BCUT2D eigenvalue weighted by atomic mass is 32.2. The summed E-state index contributed by atoms with van der Waals surface area (Å²) in [6.07, 6.45) is 3.35. The number of rotatable bonds is 5. The second kappa shape index (κ2) is 5.10. The van der Waals surface area contributed by atoms with Crippen molar-refractivity contribution in [2.75, 3.05) is 0 Å². The Labute approximate surface area is 88.6 Å². The highest BCUT2D eigenvalue weighted by Crippen LogP contribution is 2.30. The zero-order valence-corrected chi connectivity index (χ0v) is 9.36. The van der Waals surface area contributed by atoms with Crippen molar-refractivity contribution < 1.29 is 4.42 Å². The van der Waals surface area contributed by atoms with Crippen LogP contribution in [0.2, 0.25) is 0 Å². The molecule has 0 fully saturated rings. The molecule has 0 saturated heterocycles. The quantitative estimate of drug-likeness (QED) is 0.448. The molecule has 0 saturated carbocycles. The van der Waals surface area contributed by atoms with E-state index in [2.05, 4.69) is 6.92 Å².